The third-order valence-corrected chi connectivity index (χ3v) is 4.81. The van der Waals surface area contributed by atoms with Gasteiger partial charge in [-0.1, -0.05) is 24.3 Å². The van der Waals surface area contributed by atoms with Gasteiger partial charge in [-0.05, 0) is 47.5 Å². The second-order valence-corrected chi connectivity index (χ2v) is 8.00. The number of carbonyl (C=O) groups excluding carboxylic acids is 2. The van der Waals surface area contributed by atoms with Crippen LogP contribution in [0.5, 0.6) is 23.0 Å². The Labute approximate surface area is 265 Å². The summed E-state index contributed by atoms with van der Waals surface area (Å²) in [6.07, 6.45) is 5.85. The van der Waals surface area contributed by atoms with Crippen molar-refractivity contribution in [2.24, 2.45) is 0 Å². The average Bonchev–Trinajstić information content (AvgIpc) is 2.91. The highest BCUT2D eigenvalue weighted by Gasteiger charge is 2.09. The fourth-order valence-electron chi connectivity index (χ4n) is 3.12. The molecule has 2 rings (SSSR count). The molecule has 0 saturated carbocycles. The molecule has 0 fully saturated rings. The van der Waals surface area contributed by atoms with E-state index in [2.05, 4.69) is 22.9 Å². The molecule has 2 aromatic carbocycles. The third-order valence-electron chi connectivity index (χ3n) is 4.81. The molecule has 0 aliphatic carbocycles. The summed E-state index contributed by atoms with van der Waals surface area (Å²) in [6.45, 7) is 4.34. The van der Waals surface area contributed by atoms with Crippen molar-refractivity contribution >= 4 is 23.7 Å². The molecule has 0 aliphatic rings. The molecule has 0 amide bonds. The summed E-state index contributed by atoms with van der Waals surface area (Å²) in [7, 11) is 0. The minimum atomic E-state index is -0.302. The molecule has 14 heteroatoms. The largest absolute Gasteiger partial charge is 1.00 e. The molecule has 0 aromatic heterocycles. The molecule has 0 atom stereocenters. The van der Waals surface area contributed by atoms with Crippen LogP contribution in [-0.2, 0) is 9.59 Å². The average molecular weight is 658 g/mol. The topological polar surface area (TPSA) is 182 Å². The minimum Gasteiger partial charge on any atom is -1.00 e. The van der Waals surface area contributed by atoms with Crippen LogP contribution in [-0.4, -0.2) is 64.2 Å². The van der Waals surface area contributed by atoms with Gasteiger partial charge in [-0.25, -0.2) is 0 Å². The van der Waals surface area contributed by atoms with Crippen molar-refractivity contribution in [2.75, 3.05) is 52.6 Å². The van der Waals surface area contributed by atoms with Crippen molar-refractivity contribution in [3.8, 4) is 23.0 Å². The van der Waals surface area contributed by atoms with Crippen LogP contribution < -0.4 is 91.5 Å². The molecule has 12 N–H and O–H groups in total. The van der Waals surface area contributed by atoms with Crippen LogP contribution in [0.25, 0.3) is 12.2 Å². The molecule has 2 aromatic rings. The van der Waals surface area contributed by atoms with E-state index in [0.29, 0.717) is 75.6 Å². The van der Waals surface area contributed by atoms with E-state index in [1.807, 2.05) is 12.1 Å². The maximum Gasteiger partial charge on any atom is 0.163 e. The van der Waals surface area contributed by atoms with Gasteiger partial charge in [0.25, 0.3) is 0 Å². The summed E-state index contributed by atoms with van der Waals surface area (Å²) in [4.78, 5) is 24.7. The molecule has 0 unspecified atom stereocenters. The van der Waals surface area contributed by atoms with E-state index in [4.69, 9.17) is 18.9 Å². The SMILES string of the molecule is [Cl-].[Cl-].[Cl-].[Cl-].[NH3+]CCOc1ccc(/C=C/C(=O)CC(=O)/C=C/c2ccc(OCC[NH3+])c(OCC[NH3+])c2)cc1OCC[NH3+]. The third kappa shape index (κ3) is 16.5. The molecule has 0 aliphatic heterocycles. The fourth-order valence-corrected chi connectivity index (χ4v) is 3.12. The van der Waals surface area contributed by atoms with Gasteiger partial charge in [0.1, 0.15) is 52.6 Å². The second-order valence-electron chi connectivity index (χ2n) is 8.00. The number of hydrogen-bond acceptors (Lipinski definition) is 6. The normalized spacial score (nSPS) is 10.0. The van der Waals surface area contributed by atoms with Crippen LogP contribution in [0.4, 0.5) is 0 Å². The van der Waals surface area contributed by atoms with Crippen LogP contribution in [0.2, 0.25) is 0 Å². The number of halogens is 4. The van der Waals surface area contributed by atoms with Crippen molar-refractivity contribution in [1.82, 2.24) is 0 Å². The monoisotopic (exact) mass is 656 g/mol. The molecule has 10 nitrogen and oxygen atoms in total. The lowest BCUT2D eigenvalue weighted by Gasteiger charge is -2.11. The molecular weight excluding hydrogens is 618 g/mol. The Morgan fingerprint density at radius 3 is 1.17 bits per heavy atom. The first-order valence-corrected chi connectivity index (χ1v) is 12.4. The van der Waals surface area contributed by atoms with Crippen LogP contribution in [0.15, 0.2) is 48.6 Å². The number of ether oxygens (including phenoxy) is 4. The van der Waals surface area contributed by atoms with Gasteiger partial charge in [0.2, 0.25) is 0 Å². The number of hydrogen-bond donors (Lipinski definition) is 4. The van der Waals surface area contributed by atoms with E-state index in [9.17, 15) is 9.59 Å². The van der Waals surface area contributed by atoms with Crippen LogP contribution in [0, 0.1) is 0 Å². The Morgan fingerprint density at radius 2 is 0.854 bits per heavy atom. The summed E-state index contributed by atoms with van der Waals surface area (Å²) in [5, 5.41) is 0. The molecule has 41 heavy (non-hydrogen) atoms. The molecule has 0 radical (unpaired) electrons. The van der Waals surface area contributed by atoms with Crippen LogP contribution in [0.3, 0.4) is 0 Å². The van der Waals surface area contributed by atoms with E-state index in [0.717, 1.165) is 11.1 Å². The predicted molar refractivity (Wildman–Crippen MR) is 139 cm³/mol. The Hall–Kier alpha value is -2.54. The summed E-state index contributed by atoms with van der Waals surface area (Å²) in [5.41, 5.74) is 16.6. The maximum atomic E-state index is 12.4. The van der Waals surface area contributed by atoms with Crippen LogP contribution in [0.1, 0.15) is 17.5 Å². The van der Waals surface area contributed by atoms with Crippen molar-refractivity contribution < 1.29 is 101 Å². The first-order chi connectivity index (χ1) is 18.0. The van der Waals surface area contributed by atoms with Gasteiger partial charge in [-0.15, -0.1) is 0 Å². The lowest BCUT2D eigenvalue weighted by molar-refractivity contribution is -0.372. The summed E-state index contributed by atoms with van der Waals surface area (Å²) in [6, 6.07) is 10.8. The quantitative estimate of drug-likeness (QED) is 0.0912. The van der Waals surface area contributed by atoms with Gasteiger partial charge in [-0.3, -0.25) is 9.59 Å². The highest BCUT2D eigenvalue weighted by atomic mass is 35.5. The first-order valence-electron chi connectivity index (χ1n) is 12.4. The highest BCUT2D eigenvalue weighted by molar-refractivity contribution is 6.10. The van der Waals surface area contributed by atoms with Gasteiger partial charge in [0.05, 0.1) is 6.42 Å². The number of carbonyl (C=O) groups is 2. The maximum absolute atomic E-state index is 12.4. The van der Waals surface area contributed by atoms with Gasteiger partial charge in [-0.2, -0.15) is 0 Å². The standard InChI is InChI=1S/C27H36N4O6.4ClH/c28-9-13-34-24-7-3-20(17-26(24)36-15-11-30)1-5-22(32)19-23(33)6-2-21-4-8-25(35-14-10-29)27(18-21)37-16-12-31;;;;/h1-8,17-18H,9-16,19,28-31H2;4*1H/b5-1+,6-2+;;;;. The smallest absolute Gasteiger partial charge is 0.163 e. The van der Waals surface area contributed by atoms with Gasteiger partial charge < -0.3 is 91.5 Å². The Balaban J connectivity index is -0.00000361. The molecule has 0 spiro atoms. The zero-order chi connectivity index (χ0) is 26.9. The Bertz CT molecular complexity index is 1010. The molecule has 0 bridgehead atoms. The van der Waals surface area contributed by atoms with Crippen molar-refractivity contribution in [3.05, 3.63) is 59.7 Å². The fraction of sp³-hybridized carbons (Fsp3) is 0.333. The van der Waals surface area contributed by atoms with E-state index < -0.39 is 0 Å². The zero-order valence-electron chi connectivity index (χ0n) is 22.9. The number of allylic oxidation sites excluding steroid dienone is 2. The minimum absolute atomic E-state index is 0. The zero-order valence-corrected chi connectivity index (χ0v) is 26.0. The number of rotatable bonds is 18. The molecule has 0 saturated heterocycles. The Kier molecular flexibility index (Phi) is 26.4. The van der Waals surface area contributed by atoms with E-state index >= 15 is 0 Å². The number of ketones is 2. The molecular formula is C27H40Cl4N4O6. The van der Waals surface area contributed by atoms with Gasteiger partial charge in [0.15, 0.2) is 34.6 Å². The van der Waals surface area contributed by atoms with Crippen molar-refractivity contribution in [2.45, 2.75) is 6.42 Å². The molecule has 0 heterocycles. The molecule has 232 valence electrons. The van der Waals surface area contributed by atoms with Crippen molar-refractivity contribution in [3.63, 3.8) is 0 Å². The van der Waals surface area contributed by atoms with Crippen LogP contribution >= 0.6 is 0 Å². The Morgan fingerprint density at radius 1 is 0.537 bits per heavy atom. The van der Waals surface area contributed by atoms with Gasteiger partial charge >= 0.3 is 0 Å². The van der Waals surface area contributed by atoms with E-state index in [1.165, 1.54) is 12.2 Å². The lowest BCUT2D eigenvalue weighted by atomic mass is 10.1. The van der Waals surface area contributed by atoms with Gasteiger partial charge in [0, 0.05) is 0 Å². The summed E-state index contributed by atoms with van der Waals surface area (Å²) < 4.78 is 22.7. The van der Waals surface area contributed by atoms with Crippen molar-refractivity contribution in [1.29, 1.82) is 0 Å². The van der Waals surface area contributed by atoms with E-state index in [1.54, 1.807) is 36.4 Å². The predicted octanol–water partition coefficient (Wildman–Crippen LogP) is -13.6. The number of quaternary nitrogens is 4. The second kappa shape index (κ2) is 25.2. The van der Waals surface area contributed by atoms with E-state index in [-0.39, 0.29) is 67.6 Å². The summed E-state index contributed by atoms with van der Waals surface area (Å²) >= 11 is 0. The highest BCUT2D eigenvalue weighted by Crippen LogP contribution is 2.30. The number of benzene rings is 2. The summed E-state index contributed by atoms with van der Waals surface area (Å²) in [5.74, 6) is 1.77. The first kappa shape index (κ1) is 42.9. The lowest BCUT2D eigenvalue weighted by Crippen LogP contribution is -3.00.